The average Bonchev–Trinajstić information content (AvgIpc) is 3.20. The van der Waals surface area contributed by atoms with Crippen LogP contribution in [-0.2, 0) is 9.53 Å². The first-order valence-electron chi connectivity index (χ1n) is 8.23. The van der Waals surface area contributed by atoms with Crippen molar-refractivity contribution in [1.82, 2.24) is 5.32 Å². The lowest BCUT2D eigenvalue weighted by Gasteiger charge is -2.11. The highest BCUT2D eigenvalue weighted by Crippen LogP contribution is 2.28. The lowest BCUT2D eigenvalue weighted by molar-refractivity contribution is -0.115. The minimum absolute atomic E-state index is 0.0424. The first kappa shape index (κ1) is 19.5. The molecule has 1 amide bonds. The Morgan fingerprint density at radius 3 is 2.58 bits per heavy atom. The molecule has 0 radical (unpaired) electrons. The molecule has 26 heavy (non-hydrogen) atoms. The zero-order valence-corrected chi connectivity index (χ0v) is 15.2. The monoisotopic (exact) mass is 362 g/mol. The van der Waals surface area contributed by atoms with E-state index >= 15 is 0 Å². The number of nitrogens with one attached hydrogen (secondary N) is 2. The third kappa shape index (κ3) is 4.40. The second kappa shape index (κ2) is 8.48. The van der Waals surface area contributed by atoms with Crippen molar-refractivity contribution >= 4 is 23.5 Å². The Hall–Kier alpha value is -2.87. The molecule has 0 aromatic carbocycles. The van der Waals surface area contributed by atoms with Crippen LogP contribution in [0.15, 0.2) is 27.2 Å². The number of hydrogen-bond donors (Lipinski definition) is 2. The Kier molecular flexibility index (Phi) is 6.35. The van der Waals surface area contributed by atoms with Gasteiger partial charge in [-0.2, -0.15) is 0 Å². The van der Waals surface area contributed by atoms with E-state index in [9.17, 15) is 14.4 Å². The van der Waals surface area contributed by atoms with Crippen LogP contribution in [0.4, 0.5) is 5.88 Å². The van der Waals surface area contributed by atoms with Crippen molar-refractivity contribution in [1.29, 1.82) is 0 Å². The number of ether oxygens (including phenoxy) is 1. The van der Waals surface area contributed by atoms with Crippen LogP contribution in [0.25, 0.3) is 0 Å². The van der Waals surface area contributed by atoms with Crippen LogP contribution in [0.2, 0.25) is 0 Å². The first-order valence-corrected chi connectivity index (χ1v) is 8.23. The number of hydrogen-bond acceptors (Lipinski definition) is 7. The van der Waals surface area contributed by atoms with Crippen molar-refractivity contribution in [3.05, 3.63) is 41.0 Å². The topological polar surface area (TPSA) is 111 Å². The largest absolute Gasteiger partial charge is 0.468 e. The van der Waals surface area contributed by atoms with E-state index in [1.54, 1.807) is 32.2 Å². The molecule has 140 valence electrons. The van der Waals surface area contributed by atoms with Gasteiger partial charge in [-0.3, -0.25) is 20.2 Å². The van der Waals surface area contributed by atoms with Crippen molar-refractivity contribution in [2.45, 2.75) is 33.7 Å². The lowest BCUT2D eigenvalue weighted by atomic mass is 10.1. The maximum atomic E-state index is 12.2. The van der Waals surface area contributed by atoms with Crippen LogP contribution in [-0.4, -0.2) is 30.8 Å². The summed E-state index contributed by atoms with van der Waals surface area (Å²) < 4.78 is 15.7. The van der Waals surface area contributed by atoms with Crippen molar-refractivity contribution < 1.29 is 28.0 Å². The summed E-state index contributed by atoms with van der Waals surface area (Å²) in [6.45, 7) is 6.46. The number of Topliss-reactive ketones (excluding diaryl/α,β-unsaturated/α-hetero) is 1. The van der Waals surface area contributed by atoms with E-state index in [0.717, 1.165) is 0 Å². The van der Waals surface area contributed by atoms with Crippen LogP contribution in [0.5, 0.6) is 0 Å². The van der Waals surface area contributed by atoms with Crippen LogP contribution in [0.1, 0.15) is 59.0 Å². The molecule has 2 N–H and O–H groups in total. The van der Waals surface area contributed by atoms with Gasteiger partial charge in [0.2, 0.25) is 11.8 Å². The Labute approximate surface area is 150 Å². The van der Waals surface area contributed by atoms with Gasteiger partial charge in [-0.25, -0.2) is 4.79 Å². The molecule has 0 saturated carbocycles. The van der Waals surface area contributed by atoms with Crippen LogP contribution in [0, 0.1) is 6.92 Å². The van der Waals surface area contributed by atoms with Gasteiger partial charge in [0, 0.05) is 0 Å². The molecule has 1 atom stereocenters. The highest BCUT2D eigenvalue weighted by molar-refractivity contribution is 6.10. The van der Waals surface area contributed by atoms with E-state index < -0.39 is 11.9 Å². The van der Waals surface area contributed by atoms with Gasteiger partial charge in [0.05, 0.1) is 31.0 Å². The maximum absolute atomic E-state index is 12.2. The summed E-state index contributed by atoms with van der Waals surface area (Å²) in [7, 11) is 0. The van der Waals surface area contributed by atoms with Gasteiger partial charge in [0.15, 0.2) is 5.78 Å². The van der Waals surface area contributed by atoms with Crippen molar-refractivity contribution in [3.63, 3.8) is 0 Å². The van der Waals surface area contributed by atoms with Gasteiger partial charge < -0.3 is 13.6 Å². The zero-order chi connectivity index (χ0) is 19.3. The maximum Gasteiger partial charge on any atom is 0.344 e. The molecule has 8 heteroatoms. The zero-order valence-electron chi connectivity index (χ0n) is 15.2. The predicted molar refractivity (Wildman–Crippen MR) is 93.2 cm³/mol. The number of furan rings is 2. The minimum atomic E-state index is -0.721. The van der Waals surface area contributed by atoms with Crippen molar-refractivity contribution in [2.24, 2.45) is 0 Å². The Morgan fingerprint density at radius 2 is 2.00 bits per heavy atom. The lowest BCUT2D eigenvalue weighted by Crippen LogP contribution is -2.30. The molecule has 8 nitrogen and oxygen atoms in total. The number of aryl methyl sites for hydroxylation is 1. The SMILES string of the molecule is CCOC(=O)c1c(NC(=O)CN[C@@H](C)c2ccco2)oc(C)c1C(C)=O. The van der Waals surface area contributed by atoms with Gasteiger partial charge in [-0.15, -0.1) is 0 Å². The van der Waals surface area contributed by atoms with E-state index in [2.05, 4.69) is 10.6 Å². The second-order valence-electron chi connectivity index (χ2n) is 5.68. The third-order valence-electron chi connectivity index (χ3n) is 3.71. The smallest absolute Gasteiger partial charge is 0.344 e. The minimum Gasteiger partial charge on any atom is -0.468 e. The summed E-state index contributed by atoms with van der Waals surface area (Å²) in [6.07, 6.45) is 1.55. The fourth-order valence-electron chi connectivity index (χ4n) is 2.51. The Bertz CT molecular complexity index is 791. The standard InChI is InChI=1S/C18H22N2O6/c1-5-24-18(23)16-15(11(3)21)12(4)26-17(16)20-14(22)9-19-10(2)13-7-6-8-25-13/h6-8,10,19H,5,9H2,1-4H3,(H,20,22)/t10-/m0/s1. The molecule has 0 fully saturated rings. The molecule has 0 aliphatic rings. The number of anilines is 1. The van der Waals surface area contributed by atoms with E-state index in [0.29, 0.717) is 5.76 Å². The molecular weight excluding hydrogens is 340 g/mol. The molecule has 2 aromatic rings. The fourth-order valence-corrected chi connectivity index (χ4v) is 2.51. The van der Waals surface area contributed by atoms with E-state index in [-0.39, 0.29) is 47.7 Å². The van der Waals surface area contributed by atoms with E-state index in [1.807, 2.05) is 6.92 Å². The van der Waals surface area contributed by atoms with Gasteiger partial charge in [-0.1, -0.05) is 0 Å². The number of carbonyl (C=O) groups excluding carboxylic acids is 3. The first-order chi connectivity index (χ1) is 12.3. The van der Waals surface area contributed by atoms with Gasteiger partial charge in [-0.05, 0) is 39.8 Å². The van der Waals surface area contributed by atoms with Crippen LogP contribution >= 0.6 is 0 Å². The summed E-state index contributed by atoms with van der Waals surface area (Å²) in [5.41, 5.74) is 0.0416. The molecule has 0 aliphatic heterocycles. The molecule has 0 spiro atoms. The normalized spacial score (nSPS) is 11.8. The number of esters is 1. The summed E-state index contributed by atoms with van der Waals surface area (Å²) in [5.74, 6) is -0.659. The molecule has 0 bridgehead atoms. The van der Waals surface area contributed by atoms with Crippen molar-refractivity contribution in [3.8, 4) is 0 Å². The Morgan fingerprint density at radius 1 is 1.27 bits per heavy atom. The molecule has 2 rings (SSSR count). The third-order valence-corrected chi connectivity index (χ3v) is 3.71. The molecular formula is C18H22N2O6. The summed E-state index contributed by atoms with van der Waals surface area (Å²) in [5, 5.41) is 5.51. The molecule has 0 unspecified atom stereocenters. The van der Waals surface area contributed by atoms with E-state index in [4.69, 9.17) is 13.6 Å². The molecule has 0 saturated heterocycles. The Balaban J connectivity index is 2.12. The molecule has 2 heterocycles. The highest BCUT2D eigenvalue weighted by Gasteiger charge is 2.28. The average molecular weight is 362 g/mol. The fraction of sp³-hybridized carbons (Fsp3) is 0.389. The van der Waals surface area contributed by atoms with Gasteiger partial charge in [0.1, 0.15) is 17.1 Å². The number of amides is 1. The number of rotatable bonds is 8. The summed E-state index contributed by atoms with van der Waals surface area (Å²) in [4.78, 5) is 36.2. The highest BCUT2D eigenvalue weighted by atomic mass is 16.5. The second-order valence-corrected chi connectivity index (χ2v) is 5.68. The predicted octanol–water partition coefficient (Wildman–Crippen LogP) is 2.85. The molecule has 2 aromatic heterocycles. The number of carbonyl (C=O) groups is 3. The van der Waals surface area contributed by atoms with Gasteiger partial charge >= 0.3 is 5.97 Å². The number of ketones is 1. The van der Waals surface area contributed by atoms with Gasteiger partial charge in [0.25, 0.3) is 0 Å². The van der Waals surface area contributed by atoms with E-state index in [1.165, 1.54) is 6.92 Å². The quantitative estimate of drug-likeness (QED) is 0.549. The summed E-state index contributed by atoms with van der Waals surface area (Å²) in [6, 6.07) is 3.38. The van der Waals surface area contributed by atoms with Crippen LogP contribution < -0.4 is 10.6 Å². The summed E-state index contributed by atoms with van der Waals surface area (Å²) >= 11 is 0. The molecule has 0 aliphatic carbocycles. The van der Waals surface area contributed by atoms with Crippen LogP contribution in [0.3, 0.4) is 0 Å². The van der Waals surface area contributed by atoms with Crippen molar-refractivity contribution in [2.75, 3.05) is 18.5 Å².